The van der Waals surface area contributed by atoms with E-state index >= 15 is 0 Å². The van der Waals surface area contributed by atoms with Crippen LogP contribution in [0.4, 0.5) is 36.1 Å². The van der Waals surface area contributed by atoms with E-state index in [2.05, 4.69) is 75.7 Å². The van der Waals surface area contributed by atoms with Gasteiger partial charge in [0.05, 0.1) is 30.2 Å². The molecule has 0 saturated carbocycles. The van der Waals surface area contributed by atoms with Crippen molar-refractivity contribution in [1.29, 1.82) is 0 Å². The van der Waals surface area contributed by atoms with Gasteiger partial charge in [-0.15, -0.1) is 6.42 Å². The van der Waals surface area contributed by atoms with Gasteiger partial charge in [0.15, 0.2) is 17.2 Å². The van der Waals surface area contributed by atoms with Gasteiger partial charge in [0, 0.05) is 83.7 Å². The summed E-state index contributed by atoms with van der Waals surface area (Å²) in [7, 11) is 3.28. The minimum atomic E-state index is -4.47. The second kappa shape index (κ2) is 26.1. The number of benzene rings is 4. The SMILES string of the molecule is C#Cc1cccc(Nc2ncnc3cc(OCCOC)c(OCCOC(=O)CCCCCN4/C(=C/C=C/C=C/C=C/C5=[N+](CCCC)c6ccc(OC)cc6C5(C)C)C(C)(C)c5cc(C(F)(F)F)ccc54)cc23)c1.[Br-]. The van der Waals surface area contributed by atoms with E-state index in [1.165, 1.54) is 29.4 Å². The fourth-order valence-electron chi connectivity index (χ4n) is 9.46. The van der Waals surface area contributed by atoms with Gasteiger partial charge in [-0.3, -0.25) is 4.79 Å². The van der Waals surface area contributed by atoms with E-state index in [9.17, 15) is 18.0 Å². The van der Waals surface area contributed by atoms with Crippen LogP contribution in [0.1, 0.15) is 95.4 Å². The fraction of sp³-hybridized carbons (Fsp3) is 0.367. The van der Waals surface area contributed by atoms with Crippen LogP contribution < -0.4 is 41.4 Å². The van der Waals surface area contributed by atoms with Gasteiger partial charge in [-0.05, 0) is 92.9 Å². The lowest BCUT2D eigenvalue weighted by Gasteiger charge is -2.27. The standard InChI is InChI=1S/C60H67F3N5O6.BrH/c1-9-11-30-67-51-29-27-45(71-8)38-48(51)59(5,6)55(67)24-17-14-12-13-16-23-54-58(3,4)47-37-43(60(61,62)63)26-28-50(47)68(54)31-19-15-18-25-56(69)74-35-34-73-52-39-46-49(40-53(52)72-33-32-70-7)64-41-65-57(46)66-44-22-20-21-42(10-2)36-44;/h2,12-14,16-17,20-24,26-29,36-41H,9,11,15,18-19,25,30-35H2,1,3-8H3,(H,64,65,66);1H/q+1;/p-1. The van der Waals surface area contributed by atoms with Crippen molar-refractivity contribution in [2.45, 2.75) is 90.1 Å². The van der Waals surface area contributed by atoms with Gasteiger partial charge < -0.3 is 50.9 Å². The van der Waals surface area contributed by atoms with E-state index in [0.717, 1.165) is 53.8 Å². The lowest BCUT2D eigenvalue weighted by Crippen LogP contribution is -3.00. The first-order chi connectivity index (χ1) is 35.6. The number of ether oxygens (including phenoxy) is 5. The average molecular weight is 1090 g/mol. The molecule has 5 aromatic rings. The molecule has 1 N–H and O–H groups in total. The summed E-state index contributed by atoms with van der Waals surface area (Å²) in [5.41, 5.74) is 6.42. The molecule has 4 aromatic carbocycles. The largest absolute Gasteiger partial charge is 1.00 e. The molecule has 0 unspecified atom stereocenters. The van der Waals surface area contributed by atoms with Crippen molar-refractivity contribution < 1.29 is 63.2 Å². The Balaban J connectivity index is 0.00000914. The van der Waals surface area contributed by atoms with E-state index < -0.39 is 17.2 Å². The van der Waals surface area contributed by atoms with Crippen molar-refractivity contribution in [2.75, 3.05) is 64.0 Å². The van der Waals surface area contributed by atoms with E-state index in [1.807, 2.05) is 74.6 Å². The topological polar surface area (TPSA) is 107 Å². The van der Waals surface area contributed by atoms with Gasteiger partial charge in [-0.1, -0.05) is 76.0 Å². The monoisotopic (exact) mass is 1090 g/mol. The van der Waals surface area contributed by atoms with Crippen LogP contribution in [0.25, 0.3) is 10.9 Å². The number of aromatic nitrogens is 2. The molecule has 0 amide bonds. The zero-order valence-corrected chi connectivity index (χ0v) is 45.4. The summed E-state index contributed by atoms with van der Waals surface area (Å²) >= 11 is 0. The molecule has 15 heteroatoms. The number of nitrogens with one attached hydrogen (secondary N) is 1. The Morgan fingerprint density at radius 3 is 2.33 bits per heavy atom. The molecule has 1 aromatic heterocycles. The van der Waals surface area contributed by atoms with Crippen LogP contribution in [-0.4, -0.2) is 80.0 Å². The van der Waals surface area contributed by atoms with Gasteiger partial charge in [0.25, 0.3) is 0 Å². The fourth-order valence-corrected chi connectivity index (χ4v) is 9.46. The predicted octanol–water partition coefficient (Wildman–Crippen LogP) is 10.1. The van der Waals surface area contributed by atoms with Crippen LogP contribution >= 0.6 is 0 Å². The third-order valence-electron chi connectivity index (χ3n) is 13.4. The molecule has 0 spiro atoms. The highest BCUT2D eigenvalue weighted by molar-refractivity contribution is 6.03. The number of carbonyl (C=O) groups excluding carboxylic acids is 1. The number of hydrogen-bond acceptors (Lipinski definition) is 10. The van der Waals surface area contributed by atoms with E-state index in [0.29, 0.717) is 66.2 Å². The average Bonchev–Trinajstić information content (AvgIpc) is 3.73. The zero-order valence-electron chi connectivity index (χ0n) is 43.9. The number of alkyl halides is 3. The van der Waals surface area contributed by atoms with Crippen molar-refractivity contribution in [3.8, 4) is 29.6 Å². The van der Waals surface area contributed by atoms with Crippen LogP contribution in [0, 0.1) is 12.3 Å². The molecule has 2 aliphatic rings. The Labute approximate surface area is 450 Å². The minimum absolute atomic E-state index is 0. The molecule has 0 atom stereocenters. The number of fused-ring (bicyclic) bond motifs is 3. The van der Waals surface area contributed by atoms with E-state index in [-0.39, 0.29) is 54.6 Å². The number of anilines is 3. The first-order valence-electron chi connectivity index (χ1n) is 25.2. The number of esters is 1. The molecule has 0 fully saturated rings. The third-order valence-corrected chi connectivity index (χ3v) is 13.4. The summed E-state index contributed by atoms with van der Waals surface area (Å²) in [5.74, 6) is 4.53. The quantitative estimate of drug-likeness (QED) is 0.0211. The smallest absolute Gasteiger partial charge is 0.416 e. The number of carbonyl (C=O) groups is 1. The van der Waals surface area contributed by atoms with Gasteiger partial charge in [-0.25, -0.2) is 9.97 Å². The molecular formula is C60H67BrF3N5O6. The number of nitrogens with zero attached hydrogens (tertiary/aromatic N) is 4. The Bertz CT molecular complexity index is 3010. The number of terminal acetylenes is 1. The number of allylic oxidation sites excluding steroid dienone is 8. The number of rotatable bonds is 24. The van der Waals surface area contributed by atoms with Crippen LogP contribution in [0.2, 0.25) is 0 Å². The molecule has 0 radical (unpaired) electrons. The summed E-state index contributed by atoms with van der Waals surface area (Å²) in [6.45, 7) is 12.8. The first-order valence-corrected chi connectivity index (χ1v) is 25.2. The number of halogens is 4. The second-order valence-electron chi connectivity index (χ2n) is 19.2. The van der Waals surface area contributed by atoms with Gasteiger partial charge >= 0.3 is 12.1 Å². The maximum atomic E-state index is 14.0. The van der Waals surface area contributed by atoms with Crippen LogP contribution in [-0.2, 0) is 31.3 Å². The summed E-state index contributed by atoms with van der Waals surface area (Å²) in [5, 5.41) is 3.99. The van der Waals surface area contributed by atoms with E-state index in [4.69, 9.17) is 30.1 Å². The van der Waals surface area contributed by atoms with Gasteiger partial charge in [-0.2, -0.15) is 17.7 Å². The van der Waals surface area contributed by atoms with Crippen molar-refractivity contribution in [3.63, 3.8) is 0 Å². The maximum absolute atomic E-state index is 14.0. The maximum Gasteiger partial charge on any atom is 0.416 e. The van der Waals surface area contributed by atoms with Crippen LogP contribution in [0.5, 0.6) is 17.2 Å². The summed E-state index contributed by atoms with van der Waals surface area (Å²) in [4.78, 5) is 23.9. The molecule has 0 saturated heterocycles. The van der Waals surface area contributed by atoms with Crippen LogP contribution in [0.15, 0.2) is 127 Å². The zero-order chi connectivity index (χ0) is 52.9. The Hall–Kier alpha value is -6.89. The number of hydrogen-bond donors (Lipinski definition) is 1. The lowest BCUT2D eigenvalue weighted by atomic mass is 9.81. The molecular weight excluding hydrogens is 1020 g/mol. The Morgan fingerprint density at radius 1 is 0.827 bits per heavy atom. The first kappa shape index (κ1) is 57.4. The molecule has 75 heavy (non-hydrogen) atoms. The minimum Gasteiger partial charge on any atom is -1.00 e. The molecule has 7 rings (SSSR count). The Morgan fingerprint density at radius 2 is 1.59 bits per heavy atom. The molecule has 2 aliphatic heterocycles. The number of unbranched alkanes of at least 4 members (excludes halogenated alkanes) is 3. The molecule has 0 bridgehead atoms. The molecule has 396 valence electrons. The van der Waals surface area contributed by atoms with Gasteiger partial charge in [0.2, 0.25) is 5.69 Å². The Kier molecular flexibility index (Phi) is 19.9. The van der Waals surface area contributed by atoms with E-state index in [1.54, 1.807) is 32.4 Å². The van der Waals surface area contributed by atoms with Crippen molar-refractivity contribution >= 4 is 45.5 Å². The van der Waals surface area contributed by atoms with Crippen LogP contribution in [0.3, 0.4) is 0 Å². The van der Waals surface area contributed by atoms with Gasteiger partial charge in [0.1, 0.15) is 44.3 Å². The second-order valence-corrected chi connectivity index (χ2v) is 19.2. The third kappa shape index (κ3) is 13.9. The molecule has 0 aliphatic carbocycles. The highest BCUT2D eigenvalue weighted by Crippen LogP contribution is 2.50. The van der Waals surface area contributed by atoms with Crippen molar-refractivity contribution in [1.82, 2.24) is 9.97 Å². The highest BCUT2D eigenvalue weighted by Gasteiger charge is 2.45. The highest BCUT2D eigenvalue weighted by atomic mass is 79.9. The molecule has 3 heterocycles. The van der Waals surface area contributed by atoms with Crippen molar-refractivity contribution in [2.24, 2.45) is 0 Å². The molecule has 11 nitrogen and oxygen atoms in total. The summed E-state index contributed by atoms with van der Waals surface area (Å²) < 4.78 is 72.8. The predicted molar refractivity (Wildman–Crippen MR) is 288 cm³/mol. The number of methoxy groups -OCH3 is 2. The summed E-state index contributed by atoms with van der Waals surface area (Å²) in [6, 6.07) is 21.3. The van der Waals surface area contributed by atoms with Crippen molar-refractivity contribution in [3.05, 3.63) is 150 Å². The lowest BCUT2D eigenvalue weighted by molar-refractivity contribution is -0.438. The normalized spacial score (nSPS) is 15.2. The summed E-state index contributed by atoms with van der Waals surface area (Å²) in [6.07, 6.45) is 21.0.